The molecule has 34 heteroatoms. The molecule has 6 aromatic rings. The quantitative estimate of drug-likeness (QED) is 0.0590. The van der Waals surface area contributed by atoms with Gasteiger partial charge in [0.1, 0.15) is 126 Å². The van der Waals surface area contributed by atoms with Gasteiger partial charge < -0.3 is 118 Å². The van der Waals surface area contributed by atoms with Gasteiger partial charge in [-0.3, -0.25) is 38.4 Å². The number of primary amides is 1. The van der Waals surface area contributed by atoms with Crippen molar-refractivity contribution in [2.75, 3.05) is 6.61 Å². The number of alkyl carbamates (subject to hydrolysis) is 1. The first-order chi connectivity index (χ1) is 54.8. The lowest BCUT2D eigenvalue weighted by Crippen LogP contribution is -2.60. The van der Waals surface area contributed by atoms with Crippen molar-refractivity contribution in [2.45, 2.75) is 197 Å². The molecule has 0 aromatic heterocycles. The molecule has 18 N–H and O–H groups in total. The lowest BCUT2D eigenvalue weighted by Gasteiger charge is -2.54. The van der Waals surface area contributed by atoms with E-state index in [9.17, 15) is 55.2 Å². The minimum atomic E-state index is -2.34. The molecule has 6 aromatic carbocycles. The van der Waals surface area contributed by atoms with E-state index in [2.05, 4.69) is 42.5 Å². The number of amides is 9. The van der Waals surface area contributed by atoms with Crippen LogP contribution >= 0.6 is 23.2 Å². The van der Waals surface area contributed by atoms with Gasteiger partial charge in [0, 0.05) is 23.2 Å². The predicted molar refractivity (Wildman–Crippen MR) is 414 cm³/mol. The Morgan fingerprint density at radius 2 is 1.20 bits per heavy atom. The van der Waals surface area contributed by atoms with Gasteiger partial charge in [0.25, 0.3) is 0 Å². The summed E-state index contributed by atoms with van der Waals surface area (Å²) in [7, 11) is 0. The third-order valence-electron chi connectivity index (χ3n) is 22.1. The summed E-state index contributed by atoms with van der Waals surface area (Å²) in [6, 6.07) is 3.41. The van der Waals surface area contributed by atoms with Crippen LogP contribution in [0.1, 0.15) is 154 Å². The van der Waals surface area contributed by atoms with Crippen molar-refractivity contribution in [1.82, 2.24) is 42.5 Å². The van der Waals surface area contributed by atoms with Gasteiger partial charge in [0.2, 0.25) is 59.3 Å². The van der Waals surface area contributed by atoms with E-state index >= 15 is 28.8 Å². The molecule has 618 valence electrons. The number of carbonyl (C=O) groups is 9. The van der Waals surface area contributed by atoms with Crippen molar-refractivity contribution in [3.63, 3.8) is 0 Å². The minimum Gasteiger partial charge on any atom is -0.508 e. The Balaban J connectivity index is 0.988. The number of nitrogens with two attached hydrogens (primary N) is 1. The normalized spacial score (nSPS) is 27.9. The van der Waals surface area contributed by atoms with E-state index in [0.717, 1.165) is 92.3 Å². The molecule has 6 aliphatic heterocycles. The number of hydrogen-bond donors (Lipinski definition) is 17. The molecule has 15 bridgehead atoms. The van der Waals surface area contributed by atoms with Gasteiger partial charge in [-0.2, -0.15) is 0 Å². The zero-order valence-corrected chi connectivity index (χ0v) is 65.9. The van der Waals surface area contributed by atoms with E-state index in [0.29, 0.717) is 28.7 Å². The molecule has 116 heavy (non-hydrogen) atoms. The SMILES string of the molecule is Cc1cc(C)c(OCC2OC(Oc3c4cc5cc3Oc3ccc(cc3Cl)[C@@H](O)[C@@H](NC(=O)[C@@H](CC(C)C)NC(=O)OC(C)(C)C)C(=O)N[C@@H](CC(N)=O)C(=O)N[C@H]5C(=O)N[C@H]3C(=O)N[C@H](C(=O)N[C@H](C(=O)NC5C6CC7CC(C6)CC5C7)c5cc(O)cc(O)c5-c5cc3ccc5O)[C@H](O)c3ccc(c(Cl)c3)O4)C(O)C(O)C2O)c(C)c1. The Hall–Kier alpha value is -10.7. The number of halogens is 2. The third kappa shape index (κ3) is 17.8. The first-order valence-corrected chi connectivity index (χ1v) is 38.9. The number of aromatic hydroxyl groups is 3. The van der Waals surface area contributed by atoms with Crippen LogP contribution in [0.4, 0.5) is 4.79 Å². The van der Waals surface area contributed by atoms with Crippen LogP contribution in [0, 0.1) is 50.4 Å². The van der Waals surface area contributed by atoms with Crippen molar-refractivity contribution < 1.29 is 112 Å². The van der Waals surface area contributed by atoms with Crippen LogP contribution in [-0.2, 0) is 47.8 Å². The van der Waals surface area contributed by atoms with Crippen LogP contribution in [0.15, 0.2) is 91.0 Å². The first-order valence-electron chi connectivity index (χ1n) is 38.2. The molecule has 6 heterocycles. The van der Waals surface area contributed by atoms with Crippen molar-refractivity contribution in [2.24, 2.45) is 35.3 Å². The van der Waals surface area contributed by atoms with Gasteiger partial charge in [-0.15, -0.1) is 0 Å². The van der Waals surface area contributed by atoms with Gasteiger partial charge in [-0.05, 0) is 203 Å². The van der Waals surface area contributed by atoms with Gasteiger partial charge >= 0.3 is 6.09 Å². The Bertz CT molecular complexity index is 4850. The number of rotatable bonds is 14. The molecule has 5 fully saturated rings. The molecule has 0 radical (unpaired) electrons. The number of aliphatic hydroxyl groups is 5. The van der Waals surface area contributed by atoms with E-state index < -0.39 is 197 Å². The predicted octanol–water partition coefficient (Wildman–Crippen LogP) is 6.04. The molecule has 0 spiro atoms. The Labute approximate surface area is 675 Å². The van der Waals surface area contributed by atoms with E-state index in [1.54, 1.807) is 48.5 Å². The summed E-state index contributed by atoms with van der Waals surface area (Å²) >= 11 is 14.3. The average molecular weight is 1640 g/mol. The number of nitrogens with one attached hydrogen (secondary N) is 8. The Morgan fingerprint density at radius 1 is 0.612 bits per heavy atom. The number of aryl methyl sites for hydroxylation is 3. The van der Waals surface area contributed by atoms with Gasteiger partial charge in [-0.25, -0.2) is 4.79 Å². The number of benzene rings is 6. The highest BCUT2D eigenvalue weighted by atomic mass is 35.5. The van der Waals surface area contributed by atoms with Gasteiger partial charge in [0.15, 0.2) is 11.5 Å². The molecule has 4 saturated carbocycles. The summed E-state index contributed by atoms with van der Waals surface area (Å²) in [6.07, 6.45) is -11.7. The summed E-state index contributed by atoms with van der Waals surface area (Å²) < 4.78 is 37.9. The number of hydrogen-bond acceptors (Lipinski definition) is 23. The summed E-state index contributed by atoms with van der Waals surface area (Å²) in [5.74, 6) is -13.3. The third-order valence-corrected chi connectivity index (χ3v) is 22.7. The van der Waals surface area contributed by atoms with E-state index in [1.165, 1.54) is 24.3 Å². The molecule has 16 rings (SSSR count). The van der Waals surface area contributed by atoms with Crippen LogP contribution in [0.2, 0.25) is 10.0 Å². The monoisotopic (exact) mass is 1640 g/mol. The number of carbonyl (C=O) groups excluding carboxylic acids is 9. The summed E-state index contributed by atoms with van der Waals surface area (Å²) in [6.45, 7) is 13.2. The van der Waals surface area contributed by atoms with Crippen LogP contribution in [0.25, 0.3) is 11.1 Å². The van der Waals surface area contributed by atoms with E-state index in [4.69, 9.17) is 57.4 Å². The second-order valence-electron chi connectivity index (χ2n) is 32.5. The fourth-order valence-corrected chi connectivity index (χ4v) is 17.5. The second kappa shape index (κ2) is 33.5. The maximum Gasteiger partial charge on any atom is 0.408 e. The summed E-state index contributed by atoms with van der Waals surface area (Å²) in [5.41, 5.74) is 4.96. The Kier molecular flexibility index (Phi) is 24.0. The van der Waals surface area contributed by atoms with Crippen LogP contribution in [-0.4, -0.2) is 167 Å². The summed E-state index contributed by atoms with van der Waals surface area (Å²) in [4.78, 5) is 135. The fourth-order valence-electron chi connectivity index (χ4n) is 17.0. The summed E-state index contributed by atoms with van der Waals surface area (Å²) in [5, 5.41) is 116. The van der Waals surface area contributed by atoms with Crippen LogP contribution in [0.3, 0.4) is 0 Å². The van der Waals surface area contributed by atoms with Gasteiger partial charge in [0.05, 0.1) is 16.5 Å². The molecular formula is C82H93Cl2N9O23. The molecule has 9 amide bonds. The zero-order valence-electron chi connectivity index (χ0n) is 64.4. The lowest BCUT2D eigenvalue weighted by atomic mass is 9.54. The lowest BCUT2D eigenvalue weighted by molar-refractivity contribution is -0.276. The highest BCUT2D eigenvalue weighted by molar-refractivity contribution is 6.32. The maximum absolute atomic E-state index is 16.3. The van der Waals surface area contributed by atoms with E-state index in [1.807, 2.05) is 19.1 Å². The number of phenolic OH excluding ortho intramolecular Hbond substituents is 3. The number of aliphatic hydroxyl groups excluding tert-OH is 5. The van der Waals surface area contributed by atoms with Crippen molar-refractivity contribution >= 4 is 76.6 Å². The average Bonchev–Trinajstić information content (AvgIpc) is 0.758. The molecule has 10 aliphatic rings. The van der Waals surface area contributed by atoms with E-state index in [-0.39, 0.29) is 85.1 Å². The molecule has 14 atom stereocenters. The minimum absolute atomic E-state index is 0.0716. The number of phenols is 3. The standard InChI is InChI=1S/C82H93Cl2N9O23/c1-32(2)15-49(87-81(110)116-82(6,7)8)73(103)92-64-66(98)39-10-13-53(47(83)24-39)112-55-26-43-27-56(72(55)115-80-70(102)69(101)68(100)57(114-80)31-111-71-34(4)16-33(3)17-35(71)5)113-54-14-11-40(25-48(54)84)67(99)65-79(109)91-63(77(107)88-60-41-19-36-18-37(21-41)22-42(60)20-36)46-28-44(94)29-52(96)59(46)45-23-38(9-12-51(45)95)61(75(105)93-65)90-76(106)62(43)89-74(104)50(30-58(85)97)86-78(64)108/h9-14,16-17,23-29,32,36-37,41-42,49-50,57,60-70,80,94-96,98-102H,15,18-22,30-31H2,1-8H3,(H2,85,97)(H,86,108)(H,87,110)(H,88,107)(H,89,104)(H,90,106)(H,91,109)(H,92,103)(H,93,105)/t36?,37?,41?,42?,49-,50+,57?,60?,61-,62-,63+,64-,65+,66-,67-,68?,69?,70?,80?/m1/s1. The molecule has 1 saturated heterocycles. The van der Waals surface area contributed by atoms with Crippen molar-refractivity contribution in [1.29, 1.82) is 0 Å². The van der Waals surface area contributed by atoms with Crippen molar-refractivity contribution in [3.8, 4) is 62.9 Å². The topological polar surface area (TPSA) is 493 Å². The second-order valence-corrected chi connectivity index (χ2v) is 33.3. The maximum atomic E-state index is 16.3. The highest BCUT2D eigenvalue weighted by Gasteiger charge is 2.51. The number of ether oxygens (including phenoxy) is 6. The first kappa shape index (κ1) is 83.2. The van der Waals surface area contributed by atoms with Crippen LogP contribution < -0.4 is 67.2 Å². The molecular weight excluding hydrogens is 1550 g/mol. The molecule has 5 unspecified atom stereocenters. The van der Waals surface area contributed by atoms with Crippen LogP contribution in [0.5, 0.6) is 51.7 Å². The fraction of sp³-hybridized carbons (Fsp3) is 0.451. The molecule has 32 nitrogen and oxygen atoms in total. The largest absolute Gasteiger partial charge is 0.508 e. The van der Waals surface area contributed by atoms with Gasteiger partial charge in [-0.1, -0.05) is 72.9 Å². The number of fused-ring (bicyclic) bond motifs is 15. The zero-order chi connectivity index (χ0) is 83.5. The highest BCUT2D eigenvalue weighted by Crippen LogP contribution is 2.55. The van der Waals surface area contributed by atoms with Crippen molar-refractivity contribution in [3.05, 3.63) is 146 Å². The Morgan fingerprint density at radius 3 is 1.79 bits per heavy atom. The smallest absolute Gasteiger partial charge is 0.408 e. The molecule has 4 aliphatic carbocycles.